The van der Waals surface area contributed by atoms with E-state index in [0.717, 1.165) is 30.2 Å². The topological polar surface area (TPSA) is 63.2 Å². The molecule has 0 fully saturated rings. The summed E-state index contributed by atoms with van der Waals surface area (Å²) in [5, 5.41) is 3.20. The first kappa shape index (κ1) is 16.6. The average Bonchev–Trinajstić information content (AvgIpc) is 2.88. The lowest BCUT2D eigenvalue weighted by molar-refractivity contribution is 0.101. The summed E-state index contributed by atoms with van der Waals surface area (Å²) in [5.41, 5.74) is 2.70. The van der Waals surface area contributed by atoms with Gasteiger partial charge in [0.15, 0.2) is 15.6 Å². The Morgan fingerprint density at radius 3 is 2.62 bits per heavy atom. The van der Waals surface area contributed by atoms with Gasteiger partial charge in [-0.1, -0.05) is 6.07 Å². The number of hydrogen-bond acceptors (Lipinski definition) is 4. The molecule has 0 heterocycles. The highest BCUT2D eigenvalue weighted by atomic mass is 32.2. The van der Waals surface area contributed by atoms with Crippen LogP contribution in [0.5, 0.6) is 0 Å². The molecule has 0 unspecified atom stereocenters. The summed E-state index contributed by atoms with van der Waals surface area (Å²) < 4.78 is 37.6. The quantitative estimate of drug-likeness (QED) is 0.860. The van der Waals surface area contributed by atoms with Gasteiger partial charge in [-0.25, -0.2) is 12.8 Å². The van der Waals surface area contributed by atoms with Crippen LogP contribution in [0.4, 0.5) is 10.1 Å². The van der Waals surface area contributed by atoms with Gasteiger partial charge in [-0.2, -0.15) is 0 Å². The summed E-state index contributed by atoms with van der Waals surface area (Å²) >= 11 is 0. The lowest BCUT2D eigenvalue weighted by Crippen LogP contribution is -2.12. The highest BCUT2D eigenvalue weighted by molar-refractivity contribution is 7.90. The van der Waals surface area contributed by atoms with Crippen LogP contribution in [0.3, 0.4) is 0 Å². The van der Waals surface area contributed by atoms with E-state index in [1.165, 1.54) is 31.2 Å². The van der Waals surface area contributed by atoms with E-state index in [2.05, 4.69) is 5.32 Å². The van der Waals surface area contributed by atoms with Crippen LogP contribution in [0, 0.1) is 5.82 Å². The molecule has 0 saturated heterocycles. The summed E-state index contributed by atoms with van der Waals surface area (Å²) in [6.07, 6.45) is 2.67. The molecule has 1 aliphatic rings. The molecule has 0 saturated carbocycles. The Hall–Kier alpha value is -2.21. The molecule has 6 heteroatoms. The van der Waals surface area contributed by atoms with Gasteiger partial charge < -0.3 is 5.32 Å². The van der Waals surface area contributed by atoms with Crippen molar-refractivity contribution in [1.29, 1.82) is 0 Å². The van der Waals surface area contributed by atoms with E-state index in [1.807, 2.05) is 0 Å². The Morgan fingerprint density at radius 1 is 1.21 bits per heavy atom. The Kier molecular flexibility index (Phi) is 4.17. The summed E-state index contributed by atoms with van der Waals surface area (Å²) in [4.78, 5) is 11.7. The Bertz CT molecular complexity index is 922. The molecular weight excluding hydrogens is 329 g/mol. The van der Waals surface area contributed by atoms with E-state index in [-0.39, 0.29) is 22.5 Å². The highest BCUT2D eigenvalue weighted by Crippen LogP contribution is 2.36. The number of carbonyl (C=O) groups excluding carboxylic acids is 1. The van der Waals surface area contributed by atoms with Crippen LogP contribution in [0.25, 0.3) is 0 Å². The molecule has 3 rings (SSSR count). The predicted molar refractivity (Wildman–Crippen MR) is 90.6 cm³/mol. The summed E-state index contributed by atoms with van der Waals surface area (Å²) in [6, 6.07) is 8.99. The van der Waals surface area contributed by atoms with Crippen LogP contribution in [-0.2, 0) is 16.3 Å². The van der Waals surface area contributed by atoms with Crippen LogP contribution >= 0.6 is 0 Å². The summed E-state index contributed by atoms with van der Waals surface area (Å²) in [7, 11) is -3.45. The number of nitrogens with one attached hydrogen (secondary N) is 1. The Morgan fingerprint density at radius 2 is 1.96 bits per heavy atom. The highest BCUT2D eigenvalue weighted by Gasteiger charge is 2.25. The largest absolute Gasteiger partial charge is 0.377 e. The monoisotopic (exact) mass is 347 g/mol. The molecule has 126 valence electrons. The van der Waals surface area contributed by atoms with Crippen LogP contribution < -0.4 is 5.32 Å². The number of hydrogen-bond donors (Lipinski definition) is 1. The van der Waals surface area contributed by atoms with Crippen molar-refractivity contribution in [3.63, 3.8) is 0 Å². The van der Waals surface area contributed by atoms with E-state index in [4.69, 9.17) is 0 Å². The molecule has 2 aromatic carbocycles. The van der Waals surface area contributed by atoms with Crippen molar-refractivity contribution in [3.05, 3.63) is 58.9 Å². The van der Waals surface area contributed by atoms with Gasteiger partial charge in [-0.15, -0.1) is 0 Å². The van der Waals surface area contributed by atoms with Gasteiger partial charge in [-0.05, 0) is 61.2 Å². The molecule has 0 bridgehead atoms. The molecular formula is C18H18FNO3S. The van der Waals surface area contributed by atoms with E-state index in [1.54, 1.807) is 12.1 Å². The number of anilines is 1. The van der Waals surface area contributed by atoms with Gasteiger partial charge in [0.1, 0.15) is 5.82 Å². The van der Waals surface area contributed by atoms with Crippen molar-refractivity contribution in [2.24, 2.45) is 0 Å². The van der Waals surface area contributed by atoms with Gasteiger partial charge in [-0.3, -0.25) is 4.79 Å². The average molecular weight is 347 g/mol. The standard InChI is InChI=1S/C18H18FNO3S/c1-11(21)13-5-8-18(24(2,22)23)17(9-13)20-16-7-4-12-3-6-14(19)10-15(12)16/h3,5-6,8-10,16,20H,4,7H2,1-2H3/t16-/m1/s1. The number of sulfone groups is 1. The number of carbonyl (C=O) groups is 1. The molecule has 1 atom stereocenters. The van der Waals surface area contributed by atoms with Gasteiger partial charge in [0.25, 0.3) is 0 Å². The van der Waals surface area contributed by atoms with Gasteiger partial charge in [0.05, 0.1) is 16.6 Å². The summed E-state index contributed by atoms with van der Waals surface area (Å²) in [5.74, 6) is -0.459. The summed E-state index contributed by atoms with van der Waals surface area (Å²) in [6.45, 7) is 1.43. The normalized spacial score (nSPS) is 16.7. The third kappa shape index (κ3) is 3.19. The zero-order valence-corrected chi connectivity index (χ0v) is 14.3. The number of rotatable bonds is 4. The minimum atomic E-state index is -3.45. The molecule has 1 N–H and O–H groups in total. The molecule has 0 amide bonds. The van der Waals surface area contributed by atoms with Crippen LogP contribution in [0.1, 0.15) is 40.9 Å². The zero-order chi connectivity index (χ0) is 17.5. The lowest BCUT2D eigenvalue weighted by Gasteiger charge is -2.18. The van der Waals surface area contributed by atoms with E-state index in [0.29, 0.717) is 11.3 Å². The fraction of sp³-hybridized carbons (Fsp3) is 0.278. The molecule has 4 nitrogen and oxygen atoms in total. The minimum absolute atomic E-state index is 0.136. The number of Topliss-reactive ketones (excluding diaryl/α,β-unsaturated/α-hetero) is 1. The number of halogens is 1. The fourth-order valence-electron chi connectivity index (χ4n) is 3.10. The van der Waals surface area contributed by atoms with E-state index < -0.39 is 9.84 Å². The molecule has 0 spiro atoms. The predicted octanol–water partition coefficient (Wildman–Crippen LogP) is 3.53. The second kappa shape index (κ2) is 6.02. The van der Waals surface area contributed by atoms with Crippen molar-refractivity contribution < 1.29 is 17.6 Å². The van der Waals surface area contributed by atoms with Gasteiger partial charge in [0, 0.05) is 11.8 Å². The molecule has 0 radical (unpaired) electrons. The third-order valence-corrected chi connectivity index (χ3v) is 5.46. The smallest absolute Gasteiger partial charge is 0.177 e. The zero-order valence-electron chi connectivity index (χ0n) is 13.5. The van der Waals surface area contributed by atoms with E-state index >= 15 is 0 Å². The second-order valence-electron chi connectivity index (χ2n) is 6.12. The first-order chi connectivity index (χ1) is 11.3. The van der Waals surface area contributed by atoms with Gasteiger partial charge in [0.2, 0.25) is 0 Å². The first-order valence-electron chi connectivity index (χ1n) is 7.65. The SMILES string of the molecule is CC(=O)c1ccc(S(C)(=O)=O)c(N[C@@H]2CCc3ccc(F)cc32)c1. The maximum atomic E-state index is 13.5. The maximum absolute atomic E-state index is 13.5. The maximum Gasteiger partial charge on any atom is 0.177 e. The van der Waals surface area contributed by atoms with E-state index in [9.17, 15) is 17.6 Å². The fourth-order valence-corrected chi connectivity index (χ4v) is 3.93. The number of ketones is 1. The first-order valence-corrected chi connectivity index (χ1v) is 9.55. The number of aryl methyl sites for hydroxylation is 1. The Balaban J connectivity index is 2.03. The van der Waals surface area contributed by atoms with Crippen LogP contribution in [0.2, 0.25) is 0 Å². The molecule has 1 aliphatic carbocycles. The van der Waals surface area contributed by atoms with Crippen LogP contribution in [0.15, 0.2) is 41.3 Å². The van der Waals surface area contributed by atoms with Crippen molar-refractivity contribution >= 4 is 21.3 Å². The number of benzene rings is 2. The second-order valence-corrected chi connectivity index (χ2v) is 8.10. The molecule has 24 heavy (non-hydrogen) atoms. The number of fused-ring (bicyclic) bond motifs is 1. The van der Waals surface area contributed by atoms with Crippen molar-refractivity contribution in [1.82, 2.24) is 0 Å². The molecule has 0 aliphatic heterocycles. The lowest BCUT2D eigenvalue weighted by atomic mass is 10.1. The Labute approximate surface area is 140 Å². The molecule has 0 aromatic heterocycles. The third-order valence-electron chi connectivity index (χ3n) is 4.30. The van der Waals surface area contributed by atoms with Crippen molar-refractivity contribution in [2.75, 3.05) is 11.6 Å². The van der Waals surface area contributed by atoms with Crippen molar-refractivity contribution in [2.45, 2.75) is 30.7 Å². The minimum Gasteiger partial charge on any atom is -0.377 e. The van der Waals surface area contributed by atoms with Crippen LogP contribution in [-0.4, -0.2) is 20.5 Å². The molecule has 2 aromatic rings. The van der Waals surface area contributed by atoms with Crippen molar-refractivity contribution in [3.8, 4) is 0 Å². The van der Waals surface area contributed by atoms with Gasteiger partial charge >= 0.3 is 0 Å².